The van der Waals surface area contributed by atoms with Gasteiger partial charge in [-0.25, -0.2) is 4.98 Å². The zero-order chi connectivity index (χ0) is 12.4. The van der Waals surface area contributed by atoms with Crippen molar-refractivity contribution in [1.82, 2.24) is 9.97 Å². The van der Waals surface area contributed by atoms with Crippen molar-refractivity contribution in [2.45, 2.75) is 13.0 Å². The van der Waals surface area contributed by atoms with Gasteiger partial charge < -0.3 is 10.1 Å². The van der Waals surface area contributed by atoms with Gasteiger partial charge in [0.25, 0.3) is 0 Å². The fourth-order valence-corrected chi connectivity index (χ4v) is 2.12. The van der Waals surface area contributed by atoms with E-state index in [4.69, 9.17) is 16.3 Å². The quantitative estimate of drug-likeness (QED) is 0.863. The van der Waals surface area contributed by atoms with Gasteiger partial charge in [-0.2, -0.15) is 4.98 Å². The molecule has 2 heterocycles. The lowest BCUT2D eigenvalue weighted by Crippen LogP contribution is -2.04. The molecule has 18 heavy (non-hydrogen) atoms. The van der Waals surface area contributed by atoms with Crippen LogP contribution in [0.4, 0.5) is 5.82 Å². The molecule has 1 aliphatic heterocycles. The van der Waals surface area contributed by atoms with Crippen molar-refractivity contribution in [2.75, 3.05) is 11.9 Å². The predicted molar refractivity (Wildman–Crippen MR) is 70.0 cm³/mol. The van der Waals surface area contributed by atoms with Crippen molar-refractivity contribution < 1.29 is 4.74 Å². The second kappa shape index (κ2) is 4.82. The molecule has 0 unspecified atom stereocenters. The summed E-state index contributed by atoms with van der Waals surface area (Å²) in [4.78, 5) is 8.28. The first-order valence-corrected chi connectivity index (χ1v) is 6.18. The van der Waals surface area contributed by atoms with E-state index in [2.05, 4.69) is 27.4 Å². The lowest BCUT2D eigenvalue weighted by atomic mass is 10.2. The van der Waals surface area contributed by atoms with Gasteiger partial charge >= 0.3 is 0 Å². The number of halogens is 1. The van der Waals surface area contributed by atoms with Crippen molar-refractivity contribution >= 4 is 17.4 Å². The van der Waals surface area contributed by atoms with E-state index in [-0.39, 0.29) is 5.28 Å². The fraction of sp³-hybridized carbons (Fsp3) is 0.231. The average molecular weight is 262 g/mol. The number of nitrogens with one attached hydrogen (secondary N) is 1. The Labute approximate surface area is 110 Å². The zero-order valence-corrected chi connectivity index (χ0v) is 10.4. The normalized spacial score (nSPS) is 12.9. The van der Waals surface area contributed by atoms with Gasteiger partial charge in [-0.1, -0.05) is 30.3 Å². The first kappa shape index (κ1) is 11.3. The van der Waals surface area contributed by atoms with E-state index in [0.29, 0.717) is 19.0 Å². The zero-order valence-electron chi connectivity index (χ0n) is 9.69. The summed E-state index contributed by atoms with van der Waals surface area (Å²) in [5.41, 5.74) is 2.20. The maximum absolute atomic E-state index is 5.87. The van der Waals surface area contributed by atoms with E-state index < -0.39 is 0 Å². The molecule has 4 nitrogen and oxygen atoms in total. The molecular formula is C13H12ClN3O. The SMILES string of the molecule is Clc1nc(NCc2ccccc2)c2c(n1)OCC2. The molecule has 1 N–H and O–H groups in total. The van der Waals surface area contributed by atoms with Crippen LogP contribution in [0.5, 0.6) is 5.88 Å². The first-order valence-electron chi connectivity index (χ1n) is 5.80. The molecule has 5 heteroatoms. The molecule has 0 bridgehead atoms. The predicted octanol–water partition coefficient (Wildman–Crippen LogP) is 2.68. The van der Waals surface area contributed by atoms with Crippen LogP contribution in [0.3, 0.4) is 0 Å². The van der Waals surface area contributed by atoms with Gasteiger partial charge in [0.2, 0.25) is 11.2 Å². The third-order valence-corrected chi connectivity index (χ3v) is 3.00. The van der Waals surface area contributed by atoms with E-state index in [1.54, 1.807) is 0 Å². The Morgan fingerprint density at radius 2 is 2.06 bits per heavy atom. The number of fused-ring (bicyclic) bond motifs is 1. The Kier molecular flexibility index (Phi) is 3.02. The Morgan fingerprint density at radius 1 is 1.22 bits per heavy atom. The van der Waals surface area contributed by atoms with Crippen molar-refractivity contribution in [3.8, 4) is 5.88 Å². The van der Waals surface area contributed by atoms with Crippen LogP contribution >= 0.6 is 11.6 Å². The number of anilines is 1. The molecule has 0 amide bonds. The summed E-state index contributed by atoms with van der Waals surface area (Å²) in [5.74, 6) is 1.37. The van der Waals surface area contributed by atoms with Crippen LogP contribution in [0.25, 0.3) is 0 Å². The van der Waals surface area contributed by atoms with Gasteiger partial charge in [0.1, 0.15) is 5.82 Å². The Morgan fingerprint density at radius 3 is 2.89 bits per heavy atom. The smallest absolute Gasteiger partial charge is 0.227 e. The van der Waals surface area contributed by atoms with Gasteiger partial charge in [0, 0.05) is 13.0 Å². The van der Waals surface area contributed by atoms with Crippen molar-refractivity contribution in [2.24, 2.45) is 0 Å². The van der Waals surface area contributed by atoms with E-state index >= 15 is 0 Å². The third-order valence-electron chi connectivity index (χ3n) is 2.84. The highest BCUT2D eigenvalue weighted by atomic mass is 35.5. The standard InChI is InChI=1S/C13H12ClN3O/c14-13-16-11(10-6-7-18-12(10)17-13)15-8-9-4-2-1-3-5-9/h1-5H,6-8H2,(H,15,16,17). The minimum atomic E-state index is 0.214. The molecule has 3 rings (SSSR count). The Hall–Kier alpha value is -1.81. The molecule has 2 aromatic rings. The lowest BCUT2D eigenvalue weighted by molar-refractivity contribution is 0.344. The molecule has 1 aliphatic rings. The molecule has 0 aliphatic carbocycles. The summed E-state index contributed by atoms with van der Waals surface area (Å²) < 4.78 is 5.40. The lowest BCUT2D eigenvalue weighted by Gasteiger charge is -2.09. The molecule has 0 atom stereocenters. The topological polar surface area (TPSA) is 47.0 Å². The van der Waals surface area contributed by atoms with Crippen LogP contribution in [-0.4, -0.2) is 16.6 Å². The van der Waals surface area contributed by atoms with E-state index in [9.17, 15) is 0 Å². The second-order valence-electron chi connectivity index (χ2n) is 4.06. The maximum Gasteiger partial charge on any atom is 0.227 e. The van der Waals surface area contributed by atoms with Crippen LogP contribution in [0.15, 0.2) is 30.3 Å². The van der Waals surface area contributed by atoms with Gasteiger partial charge in [-0.15, -0.1) is 0 Å². The summed E-state index contributed by atoms with van der Waals surface area (Å²) >= 11 is 5.87. The van der Waals surface area contributed by atoms with Gasteiger partial charge in [-0.05, 0) is 17.2 Å². The number of nitrogens with zero attached hydrogens (tertiary/aromatic N) is 2. The maximum atomic E-state index is 5.87. The van der Waals surface area contributed by atoms with Gasteiger partial charge in [0.15, 0.2) is 0 Å². The summed E-state index contributed by atoms with van der Waals surface area (Å²) in [5, 5.41) is 3.50. The molecule has 0 spiro atoms. The van der Waals surface area contributed by atoms with Crippen LogP contribution in [0.1, 0.15) is 11.1 Å². The Bertz CT molecular complexity index is 560. The first-order chi connectivity index (χ1) is 8.83. The molecule has 92 valence electrons. The minimum absolute atomic E-state index is 0.214. The van der Waals surface area contributed by atoms with E-state index in [1.165, 1.54) is 5.56 Å². The van der Waals surface area contributed by atoms with Gasteiger partial charge in [-0.3, -0.25) is 0 Å². The molecule has 0 fully saturated rings. The highest BCUT2D eigenvalue weighted by molar-refractivity contribution is 6.28. The number of benzene rings is 1. The minimum Gasteiger partial charge on any atom is -0.477 e. The number of rotatable bonds is 3. The molecular weight excluding hydrogens is 250 g/mol. The van der Waals surface area contributed by atoms with Gasteiger partial charge in [0.05, 0.1) is 12.2 Å². The largest absolute Gasteiger partial charge is 0.477 e. The number of hydrogen-bond acceptors (Lipinski definition) is 4. The Balaban J connectivity index is 1.81. The molecule has 0 saturated heterocycles. The number of aromatic nitrogens is 2. The molecule has 1 aromatic carbocycles. The number of hydrogen-bond donors (Lipinski definition) is 1. The molecule has 0 radical (unpaired) electrons. The van der Waals surface area contributed by atoms with E-state index in [1.807, 2.05) is 18.2 Å². The summed E-state index contributed by atoms with van der Waals surface area (Å²) in [6.07, 6.45) is 0.823. The summed E-state index contributed by atoms with van der Waals surface area (Å²) in [6, 6.07) is 10.1. The van der Waals surface area contributed by atoms with Crippen molar-refractivity contribution in [1.29, 1.82) is 0 Å². The average Bonchev–Trinajstić information content (AvgIpc) is 2.85. The van der Waals surface area contributed by atoms with Crippen molar-refractivity contribution in [3.05, 3.63) is 46.7 Å². The number of ether oxygens (including phenoxy) is 1. The fourth-order valence-electron chi connectivity index (χ4n) is 1.96. The summed E-state index contributed by atoms with van der Waals surface area (Å²) in [7, 11) is 0. The van der Waals surface area contributed by atoms with Crippen LogP contribution in [0, 0.1) is 0 Å². The van der Waals surface area contributed by atoms with E-state index in [0.717, 1.165) is 17.8 Å². The molecule has 0 saturated carbocycles. The highest BCUT2D eigenvalue weighted by Crippen LogP contribution is 2.29. The van der Waals surface area contributed by atoms with Crippen LogP contribution < -0.4 is 10.1 Å². The third kappa shape index (κ3) is 2.24. The monoisotopic (exact) mass is 261 g/mol. The van der Waals surface area contributed by atoms with Crippen LogP contribution in [-0.2, 0) is 13.0 Å². The van der Waals surface area contributed by atoms with Crippen LogP contribution in [0.2, 0.25) is 5.28 Å². The molecule has 1 aromatic heterocycles. The highest BCUT2D eigenvalue weighted by Gasteiger charge is 2.20. The second-order valence-corrected chi connectivity index (χ2v) is 4.40. The summed E-state index contributed by atoms with van der Waals surface area (Å²) in [6.45, 7) is 1.35. The van der Waals surface area contributed by atoms with Crippen molar-refractivity contribution in [3.63, 3.8) is 0 Å².